The molecule has 4 N–H and O–H groups in total. The molecule has 4 aromatic carbocycles. The van der Waals surface area contributed by atoms with Crippen molar-refractivity contribution in [3.63, 3.8) is 0 Å². The molecule has 0 bridgehead atoms. The van der Waals surface area contributed by atoms with Gasteiger partial charge in [0.1, 0.15) is 0 Å². The average molecular weight is 1640 g/mol. The third kappa shape index (κ3) is 19.7. The fourth-order valence-corrected chi connectivity index (χ4v) is 18.1. The van der Waals surface area contributed by atoms with Gasteiger partial charge >= 0.3 is 24.7 Å². The highest BCUT2D eigenvalue weighted by molar-refractivity contribution is 5.96. The summed E-state index contributed by atoms with van der Waals surface area (Å²) < 4.78 is 160. The van der Waals surface area contributed by atoms with Crippen LogP contribution >= 0.6 is 0 Å². The van der Waals surface area contributed by atoms with Crippen LogP contribution in [0.2, 0.25) is 0 Å². The molecule has 0 aliphatic carbocycles. The zero-order valence-electron chi connectivity index (χ0n) is 66.4. The molecule has 8 aromatic rings. The number of hydrogen-bond acceptors (Lipinski definition) is 12. The molecule has 32 heteroatoms. The molecular formula is C85H102F12N16O4. The maximum atomic E-state index is 13.4. The van der Waals surface area contributed by atoms with Crippen LogP contribution in [0.3, 0.4) is 0 Å². The number of hydrogen-bond donors (Lipinski definition) is 4. The van der Waals surface area contributed by atoms with E-state index in [9.17, 15) is 71.9 Å². The van der Waals surface area contributed by atoms with Crippen molar-refractivity contribution < 1.29 is 71.9 Å². The first-order chi connectivity index (χ1) is 56.0. The summed E-state index contributed by atoms with van der Waals surface area (Å²) >= 11 is 0. The monoisotopic (exact) mass is 1640 g/mol. The Morgan fingerprint density at radius 1 is 0.325 bits per heavy atom. The van der Waals surface area contributed by atoms with Gasteiger partial charge in [-0.3, -0.25) is 59.2 Å². The van der Waals surface area contributed by atoms with Crippen LogP contribution in [0.15, 0.2) is 97.1 Å². The zero-order valence-corrected chi connectivity index (χ0v) is 66.4. The smallest absolute Gasteiger partial charge is 0.337 e. The van der Waals surface area contributed by atoms with Crippen molar-refractivity contribution in [2.75, 3.05) is 98.2 Å². The van der Waals surface area contributed by atoms with E-state index >= 15 is 0 Å². The number of piperidine rings is 4. The van der Waals surface area contributed by atoms with Gasteiger partial charge in [0.05, 0.1) is 33.6 Å². The van der Waals surface area contributed by atoms with Gasteiger partial charge in [0.15, 0.2) is 22.8 Å². The van der Waals surface area contributed by atoms with Gasteiger partial charge < -0.3 is 19.6 Å². The van der Waals surface area contributed by atoms with E-state index in [2.05, 4.69) is 88.1 Å². The van der Waals surface area contributed by atoms with Crippen molar-refractivity contribution in [3.05, 3.63) is 209 Å². The lowest BCUT2D eigenvalue weighted by Gasteiger charge is -2.33. The number of nitrogens with zero attached hydrogens (tertiary/aromatic N) is 12. The second-order valence-electron chi connectivity index (χ2n) is 31.6. The molecule has 630 valence electrons. The quantitative estimate of drug-likeness (QED) is 0.0795. The summed E-state index contributed by atoms with van der Waals surface area (Å²) in [5.41, 5.74) is 8.91. The number of nitrogens with one attached hydrogen (secondary N) is 4. The van der Waals surface area contributed by atoms with Crippen LogP contribution in [0.5, 0.6) is 0 Å². The maximum absolute atomic E-state index is 13.4. The lowest BCUT2D eigenvalue weighted by atomic mass is 9.86. The Bertz CT molecular complexity index is 4720. The second-order valence-corrected chi connectivity index (χ2v) is 31.6. The molecule has 8 aliphatic heterocycles. The number of H-pyrrole nitrogens is 4. The number of aromatic nitrogens is 8. The largest absolute Gasteiger partial charge is 0.416 e. The van der Waals surface area contributed by atoms with Crippen molar-refractivity contribution in [2.45, 2.75) is 192 Å². The molecule has 117 heavy (non-hydrogen) atoms. The standard InChI is InChI=1S/C23H29F3N4O.2C21H25F3N4O.C20H23F3N4O/c1-2-11-29-12-5-8-20-18(15-29)21(28-27-20)22(31)30-13-9-16(10-14-30)17-6-3-4-7-19(17)23(24,25)26;1-2-27-10-9-18-16(13-27)19(26-25-18)20(29)28-11-7-14(8-12-28)15-5-3-4-6-17(15)21(22,23)24;1-2-27-10-9-16-18(13-27)25-26-19(16)20(29)28-11-7-14(8-12-28)15-5-3-4-6-17(15)21(22,23)24;1-2-26-11-15-17(12-26)24-25-18(15)19(28)27-9-7-13(8-10-27)14-5-3-4-6-16(14)20(21,22)23/h3-4,6-7,16H,2,5,8-15H2,1H3,(H,27,28);2*3-6,14H,2,7-13H2,1H3,(H,25,26);3-6,13H,2,7-12H2,1H3,(H,24,25). The van der Waals surface area contributed by atoms with Crippen molar-refractivity contribution in [1.82, 2.24) is 80.0 Å². The van der Waals surface area contributed by atoms with Crippen LogP contribution in [0.4, 0.5) is 52.7 Å². The zero-order chi connectivity index (χ0) is 83.1. The number of likely N-dealkylation sites (tertiary alicyclic amines) is 4. The van der Waals surface area contributed by atoms with Crippen LogP contribution in [0.1, 0.15) is 247 Å². The molecule has 16 rings (SSSR count). The normalized spacial score (nSPS) is 18.6. The molecule has 0 saturated carbocycles. The van der Waals surface area contributed by atoms with E-state index in [0.29, 0.717) is 162 Å². The minimum Gasteiger partial charge on any atom is -0.337 e. The molecule has 4 aromatic heterocycles. The number of amides is 4. The fourth-order valence-electron chi connectivity index (χ4n) is 18.1. The molecular weight excluding hydrogens is 1540 g/mol. The first-order valence-corrected chi connectivity index (χ1v) is 41.0. The highest BCUT2D eigenvalue weighted by atomic mass is 19.4. The van der Waals surface area contributed by atoms with Crippen molar-refractivity contribution in [2.24, 2.45) is 0 Å². The summed E-state index contributed by atoms with van der Waals surface area (Å²) in [6, 6.07) is 23.1. The third-order valence-corrected chi connectivity index (χ3v) is 24.6. The summed E-state index contributed by atoms with van der Waals surface area (Å²) in [5.74, 6) is -1.25. The van der Waals surface area contributed by atoms with Crippen molar-refractivity contribution >= 4 is 23.6 Å². The topological polar surface area (TPSA) is 209 Å². The number of carbonyl (C=O) groups is 4. The van der Waals surface area contributed by atoms with E-state index in [1.807, 2.05) is 0 Å². The van der Waals surface area contributed by atoms with E-state index in [0.717, 1.165) is 167 Å². The summed E-state index contributed by atoms with van der Waals surface area (Å²) in [5, 5.41) is 29.1. The molecule has 0 spiro atoms. The lowest BCUT2D eigenvalue weighted by Crippen LogP contribution is -2.39. The summed E-state index contributed by atoms with van der Waals surface area (Å²) in [4.78, 5) is 68.3. The Morgan fingerprint density at radius 2 is 0.598 bits per heavy atom. The minimum atomic E-state index is -4.36. The first kappa shape index (κ1) is 85.5. The highest BCUT2D eigenvalue weighted by Gasteiger charge is 2.43. The number of benzene rings is 4. The lowest BCUT2D eigenvalue weighted by molar-refractivity contribution is -0.139. The van der Waals surface area contributed by atoms with E-state index in [-0.39, 0.29) is 47.3 Å². The van der Waals surface area contributed by atoms with Crippen molar-refractivity contribution in [3.8, 4) is 0 Å². The fraction of sp³-hybridized carbons (Fsp3) is 0.529. The molecule has 0 atom stereocenters. The van der Waals surface area contributed by atoms with Gasteiger partial charge in [0.25, 0.3) is 23.6 Å². The molecule has 0 radical (unpaired) electrons. The molecule has 12 heterocycles. The Balaban J connectivity index is 0.000000136. The second kappa shape index (κ2) is 36.9. The Hall–Kier alpha value is -9.40. The number of aryl methyl sites for hydroxylation is 1. The predicted molar refractivity (Wildman–Crippen MR) is 415 cm³/mol. The number of aromatic amines is 4. The predicted octanol–water partition coefficient (Wildman–Crippen LogP) is 16.0. The summed E-state index contributed by atoms with van der Waals surface area (Å²) in [6.07, 6.45) is -8.65. The van der Waals surface area contributed by atoms with Crippen LogP contribution < -0.4 is 0 Å². The average Bonchev–Trinajstić information content (AvgIpc) is 1.70. The summed E-state index contributed by atoms with van der Waals surface area (Å²) in [6.45, 7) is 22.2. The van der Waals surface area contributed by atoms with Gasteiger partial charge in [-0.1, -0.05) is 100 Å². The van der Waals surface area contributed by atoms with Crippen LogP contribution in [-0.2, 0) is 76.7 Å². The van der Waals surface area contributed by atoms with Gasteiger partial charge in [0.2, 0.25) is 0 Å². The van der Waals surface area contributed by atoms with E-state index in [1.165, 1.54) is 24.3 Å². The molecule has 0 unspecified atom stereocenters. The van der Waals surface area contributed by atoms with Gasteiger partial charge in [-0.2, -0.15) is 73.1 Å². The SMILES string of the molecule is CCCN1CCCc2[nH]nc(C(=O)N3CCC(c4ccccc4C(F)(F)F)CC3)c2C1.CCN1CCc2[nH]nc(C(=O)N3CCC(c4ccccc4C(F)(F)F)CC3)c2C1.CCN1CCc2c(C(=O)N3CCC(c4ccccc4C(F)(F)F)CC3)n[nH]c2C1.CCN1Cc2[nH]nc(C(=O)N3CCC(c4ccccc4C(F)(F)F)CC3)c2C1. The Kier molecular flexibility index (Phi) is 26.9. The molecule has 8 aliphatic rings. The number of likely N-dealkylation sites (N-methyl/N-ethyl adjacent to an activating group) is 2. The van der Waals surface area contributed by atoms with E-state index < -0.39 is 47.0 Å². The Morgan fingerprint density at radius 3 is 0.940 bits per heavy atom. The number of rotatable bonds is 13. The molecule has 4 fully saturated rings. The molecule has 20 nitrogen and oxygen atoms in total. The molecule has 4 saturated heterocycles. The van der Waals surface area contributed by atoms with E-state index in [4.69, 9.17) is 0 Å². The number of fused-ring (bicyclic) bond motifs is 4. The van der Waals surface area contributed by atoms with Gasteiger partial charge in [-0.05, 0) is 180 Å². The Labute approximate surface area is 672 Å². The van der Waals surface area contributed by atoms with Gasteiger partial charge in [0, 0.05) is 138 Å². The molecule has 4 amide bonds. The summed E-state index contributed by atoms with van der Waals surface area (Å²) in [7, 11) is 0. The van der Waals surface area contributed by atoms with Gasteiger partial charge in [-0.15, -0.1) is 0 Å². The number of alkyl halides is 12. The minimum absolute atomic E-state index is 0.113. The highest BCUT2D eigenvalue weighted by Crippen LogP contribution is 2.44. The number of halogens is 12. The number of carbonyl (C=O) groups excluding carboxylic acids is 4. The maximum Gasteiger partial charge on any atom is 0.416 e. The van der Waals surface area contributed by atoms with Crippen LogP contribution in [0, 0.1) is 0 Å². The van der Waals surface area contributed by atoms with Gasteiger partial charge in [-0.25, -0.2) is 0 Å². The van der Waals surface area contributed by atoms with Crippen LogP contribution in [0.25, 0.3) is 0 Å². The van der Waals surface area contributed by atoms with Crippen LogP contribution in [-0.4, -0.2) is 202 Å². The third-order valence-electron chi connectivity index (χ3n) is 24.6. The first-order valence-electron chi connectivity index (χ1n) is 41.0. The van der Waals surface area contributed by atoms with E-state index in [1.54, 1.807) is 68.1 Å². The van der Waals surface area contributed by atoms with Crippen molar-refractivity contribution in [1.29, 1.82) is 0 Å².